The highest BCUT2D eigenvalue weighted by Crippen LogP contribution is 2.38. The molecule has 5 nitrogen and oxygen atoms in total. The number of nitrogens with zero attached hydrogens (tertiary/aromatic N) is 2. The highest BCUT2D eigenvalue weighted by molar-refractivity contribution is 14.0. The lowest BCUT2D eigenvalue weighted by Crippen LogP contribution is -2.42. The fourth-order valence-corrected chi connectivity index (χ4v) is 3.46. The van der Waals surface area contributed by atoms with Crippen molar-refractivity contribution in [3.63, 3.8) is 0 Å². The van der Waals surface area contributed by atoms with Crippen LogP contribution < -0.4 is 5.32 Å². The number of hydrogen-bond acceptors (Lipinski definition) is 3. The molecule has 0 amide bonds. The minimum absolute atomic E-state index is 0. The Morgan fingerprint density at radius 2 is 2.30 bits per heavy atom. The Morgan fingerprint density at radius 1 is 1.39 bits per heavy atom. The van der Waals surface area contributed by atoms with Crippen LogP contribution in [0.2, 0.25) is 0 Å². The van der Waals surface area contributed by atoms with E-state index >= 15 is 0 Å². The van der Waals surface area contributed by atoms with E-state index in [1.54, 1.807) is 6.26 Å². The first-order valence-electron chi connectivity index (χ1n) is 8.49. The molecule has 6 heteroatoms. The van der Waals surface area contributed by atoms with Crippen LogP contribution in [0, 0.1) is 5.41 Å². The van der Waals surface area contributed by atoms with E-state index in [4.69, 9.17) is 14.1 Å². The largest absolute Gasteiger partial charge is 0.469 e. The predicted molar refractivity (Wildman–Crippen MR) is 100 cm³/mol. The van der Waals surface area contributed by atoms with Crippen molar-refractivity contribution in [3.8, 4) is 0 Å². The Balaban J connectivity index is 0.00000156. The van der Waals surface area contributed by atoms with Gasteiger partial charge in [-0.15, -0.1) is 24.0 Å². The lowest BCUT2D eigenvalue weighted by molar-refractivity contribution is 0.156. The van der Waals surface area contributed by atoms with Gasteiger partial charge in [0.2, 0.25) is 0 Å². The third-order valence-electron chi connectivity index (χ3n) is 5.03. The van der Waals surface area contributed by atoms with Gasteiger partial charge in [0, 0.05) is 44.1 Å². The van der Waals surface area contributed by atoms with Gasteiger partial charge >= 0.3 is 0 Å². The smallest absolute Gasteiger partial charge is 0.194 e. The van der Waals surface area contributed by atoms with Gasteiger partial charge in [0.15, 0.2) is 5.96 Å². The van der Waals surface area contributed by atoms with Gasteiger partial charge in [-0.1, -0.05) is 0 Å². The Hall–Kier alpha value is -0.760. The molecular weight excluding hydrogens is 405 g/mol. The van der Waals surface area contributed by atoms with Crippen LogP contribution >= 0.6 is 24.0 Å². The first kappa shape index (κ1) is 17.1. The Morgan fingerprint density at radius 3 is 3.00 bits per heavy atom. The van der Waals surface area contributed by atoms with Crippen molar-refractivity contribution in [3.05, 3.63) is 24.2 Å². The summed E-state index contributed by atoms with van der Waals surface area (Å²) in [6.07, 6.45) is 7.58. The summed E-state index contributed by atoms with van der Waals surface area (Å²) in [5.41, 5.74) is 0.382. The maximum absolute atomic E-state index is 5.63. The number of aliphatic imine (C=N–C) groups is 1. The third kappa shape index (κ3) is 4.21. The summed E-state index contributed by atoms with van der Waals surface area (Å²) in [6.45, 7) is 4.82. The molecular formula is C17H26IN3O2. The third-order valence-corrected chi connectivity index (χ3v) is 5.03. The number of likely N-dealkylation sites (tertiary alicyclic amines) is 1. The number of ether oxygens (including phenoxy) is 1. The van der Waals surface area contributed by atoms with E-state index in [0.29, 0.717) is 11.5 Å². The van der Waals surface area contributed by atoms with E-state index in [0.717, 1.165) is 51.0 Å². The highest BCUT2D eigenvalue weighted by Gasteiger charge is 2.42. The first-order chi connectivity index (χ1) is 10.8. The van der Waals surface area contributed by atoms with E-state index < -0.39 is 0 Å². The van der Waals surface area contributed by atoms with Crippen molar-refractivity contribution in [1.82, 2.24) is 10.2 Å². The lowest BCUT2D eigenvalue weighted by Gasteiger charge is -2.25. The molecule has 3 fully saturated rings. The van der Waals surface area contributed by atoms with E-state index in [2.05, 4.69) is 10.2 Å². The molecule has 3 aliphatic rings. The van der Waals surface area contributed by atoms with E-state index in [-0.39, 0.29) is 24.0 Å². The van der Waals surface area contributed by atoms with Gasteiger partial charge in [0.05, 0.1) is 12.9 Å². The van der Waals surface area contributed by atoms with Crippen molar-refractivity contribution in [2.24, 2.45) is 10.4 Å². The van der Waals surface area contributed by atoms with Crippen molar-refractivity contribution in [1.29, 1.82) is 0 Å². The minimum atomic E-state index is 0. The van der Waals surface area contributed by atoms with Crippen molar-refractivity contribution in [2.45, 2.75) is 38.1 Å². The average Bonchev–Trinajstić information content (AvgIpc) is 2.99. The zero-order chi connectivity index (χ0) is 14.8. The monoisotopic (exact) mass is 431 g/mol. The van der Waals surface area contributed by atoms with Crippen LogP contribution in [-0.2, 0) is 11.2 Å². The molecule has 1 aromatic rings. The lowest BCUT2D eigenvalue weighted by atomic mass is 9.87. The maximum atomic E-state index is 5.63. The molecule has 2 aliphatic heterocycles. The Kier molecular flexibility index (Phi) is 5.51. The van der Waals surface area contributed by atoms with Gasteiger partial charge in [-0.2, -0.15) is 0 Å². The summed E-state index contributed by atoms with van der Waals surface area (Å²) in [7, 11) is 0. The molecule has 0 aromatic carbocycles. The van der Waals surface area contributed by atoms with Gasteiger partial charge in [-0.05, 0) is 37.8 Å². The molecule has 2 saturated heterocycles. The van der Waals surface area contributed by atoms with Crippen LogP contribution in [-0.4, -0.2) is 49.7 Å². The topological polar surface area (TPSA) is 50.0 Å². The van der Waals surface area contributed by atoms with Crippen LogP contribution in [0.15, 0.2) is 27.8 Å². The number of guanidine groups is 1. The normalized spacial score (nSPS) is 27.5. The molecule has 128 valence electrons. The minimum Gasteiger partial charge on any atom is -0.469 e. The van der Waals surface area contributed by atoms with E-state index in [1.807, 2.05) is 12.1 Å². The molecule has 1 atom stereocenters. The van der Waals surface area contributed by atoms with Gasteiger partial charge in [-0.3, -0.25) is 4.99 Å². The van der Waals surface area contributed by atoms with Crippen LogP contribution in [0.4, 0.5) is 0 Å². The van der Waals surface area contributed by atoms with Gasteiger partial charge < -0.3 is 19.4 Å². The fraction of sp³-hybridized carbons (Fsp3) is 0.706. The fourth-order valence-electron chi connectivity index (χ4n) is 3.46. The second-order valence-electron chi connectivity index (χ2n) is 6.93. The zero-order valence-corrected chi connectivity index (χ0v) is 15.8. The van der Waals surface area contributed by atoms with Crippen LogP contribution in [0.5, 0.6) is 0 Å². The van der Waals surface area contributed by atoms with Gasteiger partial charge in [-0.25, -0.2) is 0 Å². The summed E-state index contributed by atoms with van der Waals surface area (Å²) >= 11 is 0. The summed E-state index contributed by atoms with van der Waals surface area (Å²) in [5, 5.41) is 3.62. The number of nitrogens with one attached hydrogen (secondary N) is 1. The molecule has 1 aliphatic carbocycles. The Bertz CT molecular complexity index is 522. The molecule has 1 N–H and O–H groups in total. The molecule has 1 unspecified atom stereocenters. The van der Waals surface area contributed by atoms with Gasteiger partial charge in [0.1, 0.15) is 5.76 Å². The van der Waals surface area contributed by atoms with Crippen molar-refractivity contribution < 1.29 is 9.15 Å². The molecule has 0 bridgehead atoms. The molecule has 1 aromatic heterocycles. The Labute approximate surface area is 154 Å². The molecule has 1 saturated carbocycles. The van der Waals surface area contributed by atoms with Crippen molar-refractivity contribution in [2.75, 3.05) is 32.8 Å². The summed E-state index contributed by atoms with van der Waals surface area (Å²) in [5.74, 6) is 2.11. The van der Waals surface area contributed by atoms with E-state index in [9.17, 15) is 0 Å². The second kappa shape index (κ2) is 7.42. The molecule has 0 radical (unpaired) electrons. The summed E-state index contributed by atoms with van der Waals surface area (Å²) < 4.78 is 11.0. The standard InChI is InChI=1S/C17H25N3O2.HI/c1-2-15(22-10-1)5-8-18-16(19-14-3-4-14)20-9-6-17(12-20)7-11-21-13-17;/h1-2,10,14H,3-9,11-13H2,(H,18,19);1H. The predicted octanol–water partition coefficient (Wildman–Crippen LogP) is 2.66. The number of halogens is 1. The molecule has 23 heavy (non-hydrogen) atoms. The number of furan rings is 1. The second-order valence-corrected chi connectivity index (χ2v) is 6.93. The highest BCUT2D eigenvalue weighted by atomic mass is 127. The molecule has 4 rings (SSSR count). The van der Waals surface area contributed by atoms with Crippen molar-refractivity contribution >= 4 is 29.9 Å². The first-order valence-corrected chi connectivity index (χ1v) is 8.49. The average molecular weight is 431 g/mol. The maximum Gasteiger partial charge on any atom is 0.194 e. The summed E-state index contributed by atoms with van der Waals surface area (Å²) in [4.78, 5) is 7.29. The van der Waals surface area contributed by atoms with Crippen LogP contribution in [0.25, 0.3) is 0 Å². The van der Waals surface area contributed by atoms with E-state index in [1.165, 1.54) is 25.7 Å². The molecule has 1 spiro atoms. The van der Waals surface area contributed by atoms with Gasteiger partial charge in [0.25, 0.3) is 0 Å². The van der Waals surface area contributed by atoms with Crippen LogP contribution in [0.3, 0.4) is 0 Å². The summed E-state index contributed by atoms with van der Waals surface area (Å²) in [6, 6.07) is 4.59. The number of rotatable bonds is 4. The number of hydrogen-bond donors (Lipinski definition) is 1. The molecule has 3 heterocycles. The van der Waals surface area contributed by atoms with Crippen LogP contribution in [0.1, 0.15) is 31.4 Å². The zero-order valence-electron chi connectivity index (χ0n) is 13.5. The quantitative estimate of drug-likeness (QED) is 0.453. The SMILES string of the molecule is I.c1coc(CCN=C(NC2CC2)N2CCC3(CCOC3)C2)c1.